The maximum absolute atomic E-state index is 11.7. The number of halogens is 1. The van der Waals surface area contributed by atoms with Crippen molar-refractivity contribution in [2.75, 3.05) is 6.54 Å². The number of rotatable bonds is 7. The molecule has 1 rings (SSSR count). The molecule has 0 aliphatic heterocycles. The van der Waals surface area contributed by atoms with Crippen LogP contribution in [0.3, 0.4) is 0 Å². The van der Waals surface area contributed by atoms with E-state index in [1.54, 1.807) is 6.07 Å². The Bertz CT molecular complexity index is 526. The number of carbonyl (C=O) groups is 3. The van der Waals surface area contributed by atoms with Gasteiger partial charge in [0.05, 0.1) is 6.54 Å². The molecule has 0 fully saturated rings. The van der Waals surface area contributed by atoms with Gasteiger partial charge in [0.25, 0.3) is 5.91 Å². The van der Waals surface area contributed by atoms with Crippen molar-refractivity contribution in [2.24, 2.45) is 5.92 Å². The molecule has 3 N–H and O–H groups in total. The van der Waals surface area contributed by atoms with Crippen molar-refractivity contribution in [1.29, 1.82) is 0 Å². The molecule has 21 heavy (non-hydrogen) atoms. The van der Waals surface area contributed by atoms with Gasteiger partial charge in [0, 0.05) is 0 Å². The Morgan fingerprint density at radius 2 is 2.00 bits per heavy atom. The molecule has 1 heterocycles. The van der Waals surface area contributed by atoms with E-state index in [1.807, 2.05) is 13.8 Å². The zero-order valence-corrected chi connectivity index (χ0v) is 13.3. The second kappa shape index (κ2) is 7.82. The Kier molecular flexibility index (Phi) is 6.41. The van der Waals surface area contributed by atoms with Crippen LogP contribution in [0.5, 0.6) is 0 Å². The second-order valence-corrected chi connectivity index (χ2v) is 5.66. The van der Waals surface area contributed by atoms with E-state index in [0.717, 1.165) is 0 Å². The molecule has 7 nitrogen and oxygen atoms in total. The lowest BCUT2D eigenvalue weighted by atomic mass is 10.0. The molecule has 0 saturated carbocycles. The molecule has 0 saturated heterocycles. The topological polar surface area (TPSA) is 109 Å². The summed E-state index contributed by atoms with van der Waals surface area (Å²) in [5.41, 5.74) is 0. The summed E-state index contributed by atoms with van der Waals surface area (Å²) in [5.74, 6) is -2.03. The number of carboxylic acid groups (broad SMARTS) is 1. The number of amides is 2. The van der Waals surface area contributed by atoms with Gasteiger partial charge in [-0.15, -0.1) is 0 Å². The van der Waals surface area contributed by atoms with Gasteiger partial charge < -0.3 is 20.2 Å². The average Bonchev–Trinajstić information content (AvgIpc) is 2.81. The number of nitrogens with one attached hydrogen (secondary N) is 2. The van der Waals surface area contributed by atoms with Crippen molar-refractivity contribution < 1.29 is 23.9 Å². The number of furan rings is 1. The predicted octanol–water partition coefficient (Wildman–Crippen LogP) is 1.39. The van der Waals surface area contributed by atoms with E-state index in [-0.39, 0.29) is 18.2 Å². The first-order valence-electron chi connectivity index (χ1n) is 6.35. The van der Waals surface area contributed by atoms with Gasteiger partial charge in [-0.25, -0.2) is 4.79 Å². The minimum Gasteiger partial charge on any atom is -0.480 e. The highest BCUT2D eigenvalue weighted by Crippen LogP contribution is 2.13. The van der Waals surface area contributed by atoms with Gasteiger partial charge in [0.2, 0.25) is 5.91 Å². The van der Waals surface area contributed by atoms with Crippen molar-refractivity contribution >= 4 is 33.7 Å². The van der Waals surface area contributed by atoms with Crippen LogP contribution in [0.1, 0.15) is 30.8 Å². The molecule has 8 heteroatoms. The molecule has 0 aliphatic rings. The zero-order valence-electron chi connectivity index (χ0n) is 11.7. The van der Waals surface area contributed by atoms with Gasteiger partial charge in [-0.3, -0.25) is 9.59 Å². The summed E-state index contributed by atoms with van der Waals surface area (Å²) in [6.45, 7) is 3.40. The van der Waals surface area contributed by atoms with Crippen LogP contribution in [-0.4, -0.2) is 35.5 Å². The van der Waals surface area contributed by atoms with Gasteiger partial charge in [-0.05, 0) is 40.4 Å². The highest BCUT2D eigenvalue weighted by atomic mass is 79.9. The number of aliphatic carboxylic acids is 1. The van der Waals surface area contributed by atoms with Crippen LogP contribution < -0.4 is 10.6 Å². The summed E-state index contributed by atoms with van der Waals surface area (Å²) in [6, 6.07) is 2.04. The number of carbonyl (C=O) groups excluding carboxylic acids is 2. The largest absolute Gasteiger partial charge is 0.480 e. The molecule has 0 spiro atoms. The maximum Gasteiger partial charge on any atom is 0.326 e. The standard InChI is InChI=1S/C13H17BrN2O5/c1-7(2)5-8(13(19)20)16-11(17)6-15-12(18)9-3-4-10(14)21-9/h3-4,7-8H,5-6H2,1-2H3,(H,15,18)(H,16,17)(H,19,20)/t8-/m0/s1. The third-order valence-electron chi connectivity index (χ3n) is 2.55. The van der Waals surface area contributed by atoms with Crippen molar-refractivity contribution in [2.45, 2.75) is 26.3 Å². The fourth-order valence-electron chi connectivity index (χ4n) is 1.62. The Labute approximate surface area is 130 Å². The molecule has 116 valence electrons. The average molecular weight is 361 g/mol. The quantitative estimate of drug-likeness (QED) is 0.680. The molecule has 1 aromatic rings. The third kappa shape index (κ3) is 5.99. The molecule has 0 bridgehead atoms. The molecule has 2 amide bonds. The highest BCUT2D eigenvalue weighted by molar-refractivity contribution is 9.10. The van der Waals surface area contributed by atoms with Crippen LogP contribution in [0.2, 0.25) is 0 Å². The van der Waals surface area contributed by atoms with Gasteiger partial charge in [-0.2, -0.15) is 0 Å². The van der Waals surface area contributed by atoms with Gasteiger partial charge in [0.1, 0.15) is 6.04 Å². The fourth-order valence-corrected chi connectivity index (χ4v) is 1.93. The van der Waals surface area contributed by atoms with Gasteiger partial charge in [-0.1, -0.05) is 13.8 Å². The summed E-state index contributed by atoms with van der Waals surface area (Å²) in [7, 11) is 0. The van der Waals surface area contributed by atoms with E-state index in [2.05, 4.69) is 26.6 Å². The summed E-state index contributed by atoms with van der Waals surface area (Å²) >= 11 is 3.06. The van der Waals surface area contributed by atoms with Crippen LogP contribution >= 0.6 is 15.9 Å². The molecule has 1 atom stereocenters. The molecule has 0 aliphatic carbocycles. The zero-order chi connectivity index (χ0) is 16.0. The number of carboxylic acids is 1. The Balaban J connectivity index is 2.45. The van der Waals surface area contributed by atoms with Crippen LogP contribution in [0.15, 0.2) is 21.2 Å². The lowest BCUT2D eigenvalue weighted by Crippen LogP contribution is -2.46. The van der Waals surface area contributed by atoms with E-state index in [9.17, 15) is 14.4 Å². The molecule has 0 unspecified atom stereocenters. The lowest BCUT2D eigenvalue weighted by molar-refractivity contribution is -0.142. The second-order valence-electron chi connectivity index (χ2n) is 4.87. The molecule has 0 radical (unpaired) electrons. The van der Waals surface area contributed by atoms with Gasteiger partial charge in [0.15, 0.2) is 10.4 Å². The van der Waals surface area contributed by atoms with Crippen LogP contribution in [-0.2, 0) is 9.59 Å². The third-order valence-corrected chi connectivity index (χ3v) is 2.97. The van der Waals surface area contributed by atoms with Crippen molar-refractivity contribution in [1.82, 2.24) is 10.6 Å². The highest BCUT2D eigenvalue weighted by Gasteiger charge is 2.21. The lowest BCUT2D eigenvalue weighted by Gasteiger charge is -2.16. The SMILES string of the molecule is CC(C)C[C@H](NC(=O)CNC(=O)c1ccc(Br)o1)C(=O)O. The van der Waals surface area contributed by atoms with E-state index in [0.29, 0.717) is 11.1 Å². The van der Waals surface area contributed by atoms with E-state index in [1.165, 1.54) is 6.07 Å². The summed E-state index contributed by atoms with van der Waals surface area (Å²) in [4.78, 5) is 34.3. The molecule has 0 aromatic carbocycles. The molecule has 1 aromatic heterocycles. The first-order chi connectivity index (χ1) is 9.79. The first-order valence-corrected chi connectivity index (χ1v) is 7.14. The number of hydrogen-bond donors (Lipinski definition) is 3. The predicted molar refractivity (Wildman–Crippen MR) is 77.8 cm³/mol. The van der Waals surface area contributed by atoms with Gasteiger partial charge >= 0.3 is 5.97 Å². The van der Waals surface area contributed by atoms with Crippen molar-refractivity contribution in [3.63, 3.8) is 0 Å². The summed E-state index contributed by atoms with van der Waals surface area (Å²) < 4.78 is 5.43. The summed E-state index contributed by atoms with van der Waals surface area (Å²) in [5, 5.41) is 13.7. The first kappa shape index (κ1) is 17.2. The van der Waals surface area contributed by atoms with Crippen LogP contribution in [0.25, 0.3) is 0 Å². The Morgan fingerprint density at radius 3 is 2.48 bits per heavy atom. The minimum absolute atomic E-state index is 0.0617. The van der Waals surface area contributed by atoms with E-state index in [4.69, 9.17) is 9.52 Å². The normalized spacial score (nSPS) is 12.0. The Hall–Kier alpha value is -1.83. The smallest absolute Gasteiger partial charge is 0.326 e. The molecular formula is C13H17BrN2O5. The Morgan fingerprint density at radius 1 is 1.33 bits per heavy atom. The maximum atomic E-state index is 11.7. The van der Waals surface area contributed by atoms with Crippen LogP contribution in [0, 0.1) is 5.92 Å². The van der Waals surface area contributed by atoms with Crippen molar-refractivity contribution in [3.05, 3.63) is 22.6 Å². The van der Waals surface area contributed by atoms with Crippen LogP contribution in [0.4, 0.5) is 0 Å². The van der Waals surface area contributed by atoms with Crippen molar-refractivity contribution in [3.8, 4) is 0 Å². The molecular weight excluding hydrogens is 344 g/mol. The minimum atomic E-state index is -1.10. The number of hydrogen-bond acceptors (Lipinski definition) is 4. The fraction of sp³-hybridized carbons (Fsp3) is 0.462. The monoisotopic (exact) mass is 360 g/mol. The van der Waals surface area contributed by atoms with E-state index < -0.39 is 23.8 Å². The van der Waals surface area contributed by atoms with E-state index >= 15 is 0 Å². The summed E-state index contributed by atoms with van der Waals surface area (Å²) in [6.07, 6.45) is 0.320.